The van der Waals surface area contributed by atoms with Crippen molar-refractivity contribution < 1.29 is 14.7 Å². The maximum absolute atomic E-state index is 13.8. The van der Waals surface area contributed by atoms with E-state index in [2.05, 4.69) is 24.9 Å². The van der Waals surface area contributed by atoms with Crippen LogP contribution >= 0.6 is 23.1 Å². The second-order valence-electron chi connectivity index (χ2n) is 12.9. The first kappa shape index (κ1) is 23.6. The van der Waals surface area contributed by atoms with Gasteiger partial charge in [-0.3, -0.25) is 9.59 Å². The lowest BCUT2D eigenvalue weighted by atomic mass is 9.42. The van der Waals surface area contributed by atoms with Crippen LogP contribution in [0.3, 0.4) is 0 Å². The number of allylic oxidation sites excluding steroid dienone is 1. The summed E-state index contributed by atoms with van der Waals surface area (Å²) in [4.78, 5) is 30.7. The molecule has 190 valence electrons. The monoisotopic (exact) mass is 521 g/mol. The minimum absolute atomic E-state index is 0.00289. The zero-order chi connectivity index (χ0) is 24.9. The summed E-state index contributed by atoms with van der Waals surface area (Å²) < 4.78 is 2.04. The molecule has 4 fully saturated rings. The summed E-state index contributed by atoms with van der Waals surface area (Å²) >= 11 is 3.12. The predicted octanol–water partition coefficient (Wildman–Crippen LogP) is 6.61. The summed E-state index contributed by atoms with van der Waals surface area (Å²) in [6.07, 6.45) is 10.6. The van der Waals surface area contributed by atoms with Gasteiger partial charge in [0.05, 0.1) is 16.0 Å². The first-order valence-corrected chi connectivity index (χ1v) is 15.5. The Morgan fingerprint density at radius 3 is 2.72 bits per heavy atom. The van der Waals surface area contributed by atoms with Crippen LogP contribution in [0.1, 0.15) is 71.6 Å². The number of benzene rings is 1. The molecule has 0 saturated heterocycles. The number of thiazole rings is 1. The van der Waals surface area contributed by atoms with Gasteiger partial charge in [-0.1, -0.05) is 43.3 Å². The van der Waals surface area contributed by atoms with E-state index in [9.17, 15) is 14.7 Å². The van der Waals surface area contributed by atoms with Crippen LogP contribution in [0.4, 0.5) is 0 Å². The predicted molar refractivity (Wildman–Crippen MR) is 144 cm³/mol. The molecular formula is C30H35NO3S2. The molecule has 5 aliphatic rings. The molecule has 4 saturated carbocycles. The smallest absolute Gasteiger partial charge is 0.175 e. The Hall–Kier alpha value is -1.50. The summed E-state index contributed by atoms with van der Waals surface area (Å²) in [5, 5.41) is 12.2. The third-order valence-electron chi connectivity index (χ3n) is 11.3. The number of aliphatic hydroxyl groups is 1. The van der Waals surface area contributed by atoms with E-state index in [4.69, 9.17) is 0 Å². The van der Waals surface area contributed by atoms with Gasteiger partial charge >= 0.3 is 0 Å². The number of hydrogen-bond acceptors (Lipinski definition) is 6. The molecule has 5 aliphatic carbocycles. The van der Waals surface area contributed by atoms with E-state index in [0.717, 1.165) is 46.7 Å². The van der Waals surface area contributed by atoms with Crippen molar-refractivity contribution in [1.82, 2.24) is 4.98 Å². The van der Waals surface area contributed by atoms with Crippen LogP contribution in [0.2, 0.25) is 0 Å². The Labute approximate surface area is 221 Å². The summed E-state index contributed by atoms with van der Waals surface area (Å²) in [5.41, 5.74) is 1.10. The van der Waals surface area contributed by atoms with Gasteiger partial charge in [-0.25, -0.2) is 4.98 Å². The maximum Gasteiger partial charge on any atom is 0.175 e. The number of thioether (sulfide) groups is 1. The van der Waals surface area contributed by atoms with E-state index >= 15 is 0 Å². The number of aromatic nitrogens is 1. The van der Waals surface area contributed by atoms with Gasteiger partial charge < -0.3 is 5.11 Å². The number of fused-ring (bicyclic) bond motifs is 7. The van der Waals surface area contributed by atoms with Crippen molar-refractivity contribution in [2.45, 2.75) is 81.6 Å². The Bertz CT molecular complexity index is 1280. The average Bonchev–Trinajstić information content (AvgIpc) is 3.37. The first-order valence-electron chi connectivity index (χ1n) is 13.7. The number of nitrogens with zero attached hydrogens (tertiary/aromatic N) is 1. The van der Waals surface area contributed by atoms with Gasteiger partial charge in [0, 0.05) is 11.8 Å². The van der Waals surface area contributed by atoms with Gasteiger partial charge in [0.1, 0.15) is 5.60 Å². The van der Waals surface area contributed by atoms with Crippen molar-refractivity contribution >= 4 is 44.9 Å². The largest absolute Gasteiger partial charge is 0.381 e. The van der Waals surface area contributed by atoms with Gasteiger partial charge in [-0.2, -0.15) is 0 Å². The van der Waals surface area contributed by atoms with E-state index in [1.165, 1.54) is 30.2 Å². The molecule has 7 rings (SSSR count). The minimum Gasteiger partial charge on any atom is -0.381 e. The Kier molecular flexibility index (Phi) is 5.09. The Balaban J connectivity index is 1.17. The van der Waals surface area contributed by atoms with Crippen LogP contribution in [0.5, 0.6) is 0 Å². The van der Waals surface area contributed by atoms with Gasteiger partial charge in [0.2, 0.25) is 0 Å². The highest BCUT2D eigenvalue weighted by Gasteiger charge is 2.73. The van der Waals surface area contributed by atoms with Crippen molar-refractivity contribution in [3.63, 3.8) is 0 Å². The molecule has 0 bridgehead atoms. The third-order valence-corrected chi connectivity index (χ3v) is 13.4. The summed E-state index contributed by atoms with van der Waals surface area (Å²) in [6, 6.07) is 8.08. The maximum atomic E-state index is 13.8. The second kappa shape index (κ2) is 7.77. The van der Waals surface area contributed by atoms with Crippen LogP contribution in [0.15, 0.2) is 40.3 Å². The van der Waals surface area contributed by atoms with Crippen molar-refractivity contribution in [3.05, 3.63) is 35.9 Å². The van der Waals surface area contributed by atoms with Crippen molar-refractivity contribution in [1.29, 1.82) is 0 Å². The molecule has 36 heavy (non-hydrogen) atoms. The number of Topliss-reactive ketones (excluding diaryl/α,β-unsaturated/α-hetero) is 1. The standard InChI is InChI=1S/C30H35NO3S2/c1-27-11-9-19(32)15-18(27)7-8-20-21-10-12-30(34,28(21,2)17-29(13-14-29)25(20)27)24(33)16-35-26-31-22-5-3-4-6-23(22)36-26/h3-6,15,20-21,25,34H,7-14,16-17H2,1-2H3/t20?,21?,25?,27?,28-,30+/m1/s1. The van der Waals surface area contributed by atoms with Gasteiger partial charge in [0.25, 0.3) is 0 Å². The van der Waals surface area contributed by atoms with Crippen LogP contribution in [0.25, 0.3) is 10.2 Å². The molecule has 4 unspecified atom stereocenters. The number of para-hydroxylation sites is 1. The molecule has 6 atom stereocenters. The lowest BCUT2D eigenvalue weighted by Crippen LogP contribution is -2.61. The number of carbonyl (C=O) groups excluding carboxylic acids is 2. The van der Waals surface area contributed by atoms with Crippen molar-refractivity contribution in [3.8, 4) is 0 Å². The molecule has 1 N–H and O–H groups in total. The van der Waals surface area contributed by atoms with Crippen molar-refractivity contribution in [2.24, 2.45) is 34.0 Å². The van der Waals surface area contributed by atoms with E-state index in [1.54, 1.807) is 11.3 Å². The van der Waals surface area contributed by atoms with E-state index in [-0.39, 0.29) is 27.8 Å². The summed E-state index contributed by atoms with van der Waals surface area (Å²) in [5.74, 6) is 2.10. The lowest BCUT2D eigenvalue weighted by Gasteiger charge is -2.62. The highest BCUT2D eigenvalue weighted by Crippen LogP contribution is 2.78. The molecule has 6 heteroatoms. The molecule has 1 aromatic carbocycles. The topological polar surface area (TPSA) is 67.3 Å². The minimum atomic E-state index is -1.25. The quantitative estimate of drug-likeness (QED) is 0.459. The third kappa shape index (κ3) is 3.13. The van der Waals surface area contributed by atoms with E-state index in [0.29, 0.717) is 36.4 Å². The van der Waals surface area contributed by atoms with Gasteiger partial charge in [0.15, 0.2) is 15.9 Å². The zero-order valence-corrected chi connectivity index (χ0v) is 22.9. The van der Waals surface area contributed by atoms with Crippen LogP contribution in [0, 0.1) is 34.0 Å². The SMILES string of the molecule is CC12CCC(=O)C=C1CCC1C2C2(CC2)C[C@]2(C)C1CC[C@]2(O)C(=O)CSc1nc2ccccc2s1. The van der Waals surface area contributed by atoms with Gasteiger partial charge in [-0.05, 0) is 98.2 Å². The second-order valence-corrected chi connectivity index (χ2v) is 15.1. The highest BCUT2D eigenvalue weighted by atomic mass is 32.2. The zero-order valence-electron chi connectivity index (χ0n) is 21.2. The number of hydrogen-bond donors (Lipinski definition) is 1. The van der Waals surface area contributed by atoms with Crippen molar-refractivity contribution in [2.75, 3.05) is 5.75 Å². The fourth-order valence-corrected chi connectivity index (χ4v) is 11.6. The summed E-state index contributed by atoms with van der Waals surface area (Å²) in [7, 11) is 0. The first-order chi connectivity index (χ1) is 17.2. The summed E-state index contributed by atoms with van der Waals surface area (Å²) in [6.45, 7) is 4.69. The average molecular weight is 522 g/mol. The van der Waals surface area contributed by atoms with Crippen LogP contribution in [-0.2, 0) is 9.59 Å². The molecule has 0 amide bonds. The molecule has 0 radical (unpaired) electrons. The molecule has 4 nitrogen and oxygen atoms in total. The van der Waals surface area contributed by atoms with Crippen LogP contribution in [-0.4, -0.2) is 33.0 Å². The number of ketones is 2. The Morgan fingerprint density at radius 2 is 1.94 bits per heavy atom. The molecule has 1 aromatic heterocycles. The van der Waals surface area contributed by atoms with E-state index in [1.807, 2.05) is 24.3 Å². The van der Waals surface area contributed by atoms with E-state index < -0.39 is 5.60 Å². The van der Waals surface area contributed by atoms with Crippen LogP contribution < -0.4 is 0 Å². The fraction of sp³-hybridized carbons (Fsp3) is 0.633. The number of carbonyl (C=O) groups is 2. The highest BCUT2D eigenvalue weighted by molar-refractivity contribution is 8.01. The molecule has 2 aromatic rings. The van der Waals surface area contributed by atoms with Gasteiger partial charge in [-0.15, -0.1) is 11.3 Å². The lowest BCUT2D eigenvalue weighted by molar-refractivity contribution is -0.171. The fourth-order valence-electron chi connectivity index (χ4n) is 9.56. The molecule has 1 heterocycles. The molecular weight excluding hydrogens is 486 g/mol. The Morgan fingerprint density at radius 1 is 1.14 bits per heavy atom. The molecule has 1 spiro atoms. The number of rotatable bonds is 4. The molecule has 0 aliphatic heterocycles. The normalized spacial score (nSPS) is 40.5.